The molecule has 1 aromatic carbocycles. The Kier molecular flexibility index (Phi) is 5.69. The normalized spacial score (nSPS) is 11.5. The number of thiazole rings is 1. The van der Waals surface area contributed by atoms with Gasteiger partial charge in [0.2, 0.25) is 0 Å². The predicted octanol–water partition coefficient (Wildman–Crippen LogP) is 5.22. The van der Waals surface area contributed by atoms with Crippen molar-refractivity contribution in [1.29, 1.82) is 0 Å². The van der Waals surface area contributed by atoms with E-state index < -0.39 is 15.7 Å². The van der Waals surface area contributed by atoms with Crippen LogP contribution in [0.15, 0.2) is 40.6 Å². The van der Waals surface area contributed by atoms with Crippen LogP contribution in [0, 0.1) is 0 Å². The Labute approximate surface area is 168 Å². The van der Waals surface area contributed by atoms with Crippen molar-refractivity contribution < 1.29 is 13.2 Å². The van der Waals surface area contributed by atoms with Gasteiger partial charge in [0.15, 0.2) is 15.0 Å². The zero-order valence-electron chi connectivity index (χ0n) is 13.3. The number of rotatable bonds is 5. The number of thiophene rings is 1. The first-order valence-corrected chi connectivity index (χ1v) is 11.5. The number of benzene rings is 1. The van der Waals surface area contributed by atoms with E-state index in [4.69, 9.17) is 23.2 Å². The molecular weight excluding hydrogens is 435 g/mol. The number of nitrogens with zero attached hydrogens (tertiary/aromatic N) is 1. The highest BCUT2D eigenvalue weighted by Crippen LogP contribution is 2.39. The van der Waals surface area contributed by atoms with Gasteiger partial charge in [-0.2, -0.15) is 0 Å². The first-order valence-electron chi connectivity index (χ1n) is 7.35. The summed E-state index contributed by atoms with van der Waals surface area (Å²) in [7, 11) is -3.52. The third-order valence-corrected chi connectivity index (χ3v) is 7.54. The Hall–Kier alpha value is -1.45. The molecule has 0 aliphatic rings. The SMILES string of the molecule is CCS(=O)(=O)c1ccccc1C(=O)Nc1nc(-c2cc(Cl)sc2Cl)cs1. The number of hydrogen-bond donors (Lipinski definition) is 1. The van der Waals surface area contributed by atoms with E-state index in [2.05, 4.69) is 10.3 Å². The number of carbonyl (C=O) groups excluding carboxylic acids is 1. The Balaban J connectivity index is 1.88. The van der Waals surface area contributed by atoms with Crippen molar-refractivity contribution in [3.8, 4) is 11.3 Å². The molecule has 0 aliphatic heterocycles. The minimum Gasteiger partial charge on any atom is -0.298 e. The van der Waals surface area contributed by atoms with Crippen molar-refractivity contribution in [2.45, 2.75) is 11.8 Å². The Morgan fingerprint density at radius 1 is 1.27 bits per heavy atom. The molecule has 2 heterocycles. The van der Waals surface area contributed by atoms with Crippen LogP contribution in [-0.4, -0.2) is 25.1 Å². The van der Waals surface area contributed by atoms with Gasteiger partial charge in [0.1, 0.15) is 4.34 Å². The van der Waals surface area contributed by atoms with Gasteiger partial charge < -0.3 is 0 Å². The second-order valence-corrected chi connectivity index (χ2v) is 10.5. The second-order valence-electron chi connectivity index (χ2n) is 5.13. The smallest absolute Gasteiger partial charge is 0.258 e. The molecule has 26 heavy (non-hydrogen) atoms. The molecule has 0 atom stereocenters. The maximum Gasteiger partial charge on any atom is 0.258 e. The summed E-state index contributed by atoms with van der Waals surface area (Å²) in [6.07, 6.45) is 0. The van der Waals surface area contributed by atoms with Gasteiger partial charge in [-0.25, -0.2) is 13.4 Å². The Morgan fingerprint density at radius 3 is 2.65 bits per heavy atom. The van der Waals surface area contributed by atoms with E-state index in [9.17, 15) is 13.2 Å². The third-order valence-electron chi connectivity index (χ3n) is 3.50. The maximum atomic E-state index is 12.6. The quantitative estimate of drug-likeness (QED) is 0.582. The third kappa shape index (κ3) is 3.94. The van der Waals surface area contributed by atoms with Gasteiger partial charge >= 0.3 is 0 Å². The molecule has 3 aromatic rings. The number of nitrogens with one attached hydrogen (secondary N) is 1. The van der Waals surface area contributed by atoms with Crippen LogP contribution >= 0.6 is 45.9 Å². The summed E-state index contributed by atoms with van der Waals surface area (Å²) in [5, 5.41) is 4.73. The van der Waals surface area contributed by atoms with E-state index in [1.165, 1.54) is 41.7 Å². The summed E-state index contributed by atoms with van der Waals surface area (Å²) in [6, 6.07) is 7.81. The molecule has 5 nitrogen and oxygen atoms in total. The van der Waals surface area contributed by atoms with Crippen LogP contribution in [0.2, 0.25) is 8.67 Å². The summed E-state index contributed by atoms with van der Waals surface area (Å²) < 4.78 is 25.4. The van der Waals surface area contributed by atoms with Gasteiger partial charge in [0.25, 0.3) is 5.91 Å². The fraction of sp³-hybridized carbons (Fsp3) is 0.125. The molecule has 0 aliphatic carbocycles. The lowest BCUT2D eigenvalue weighted by atomic mass is 10.2. The molecule has 3 rings (SSSR count). The van der Waals surface area contributed by atoms with Crippen LogP contribution in [0.4, 0.5) is 5.13 Å². The molecule has 0 saturated carbocycles. The average Bonchev–Trinajstić information content (AvgIpc) is 3.20. The molecule has 10 heteroatoms. The van der Waals surface area contributed by atoms with Gasteiger partial charge in [-0.15, -0.1) is 22.7 Å². The zero-order valence-corrected chi connectivity index (χ0v) is 17.3. The molecule has 1 N–H and O–H groups in total. The van der Waals surface area contributed by atoms with E-state index in [-0.39, 0.29) is 16.2 Å². The van der Waals surface area contributed by atoms with E-state index in [0.717, 1.165) is 0 Å². The lowest BCUT2D eigenvalue weighted by Gasteiger charge is -2.08. The molecule has 0 unspecified atom stereocenters. The first-order chi connectivity index (χ1) is 12.3. The van der Waals surface area contributed by atoms with E-state index >= 15 is 0 Å². The van der Waals surface area contributed by atoms with E-state index in [1.54, 1.807) is 23.6 Å². The number of amides is 1. The van der Waals surface area contributed by atoms with Gasteiger partial charge in [0.05, 0.1) is 26.2 Å². The molecule has 0 spiro atoms. The minimum absolute atomic E-state index is 0.00411. The van der Waals surface area contributed by atoms with Gasteiger partial charge in [-0.1, -0.05) is 42.3 Å². The fourth-order valence-electron chi connectivity index (χ4n) is 2.22. The summed E-state index contributed by atoms with van der Waals surface area (Å²) in [4.78, 5) is 16.9. The predicted molar refractivity (Wildman–Crippen MR) is 108 cm³/mol. The number of carbonyl (C=O) groups is 1. The Bertz CT molecular complexity index is 1070. The zero-order chi connectivity index (χ0) is 18.9. The Morgan fingerprint density at radius 2 is 2.00 bits per heavy atom. The van der Waals surface area contributed by atoms with Crippen molar-refractivity contribution in [2.75, 3.05) is 11.1 Å². The monoisotopic (exact) mass is 446 g/mol. The second kappa shape index (κ2) is 7.66. The maximum absolute atomic E-state index is 12.6. The molecule has 0 fully saturated rings. The number of hydrogen-bond acceptors (Lipinski definition) is 6. The van der Waals surface area contributed by atoms with Crippen LogP contribution in [0.25, 0.3) is 11.3 Å². The standard InChI is InChI=1S/C16H12Cl2N2O3S3/c1-2-26(22,23)12-6-4-3-5-9(12)15(21)20-16-19-11(8-24-16)10-7-13(17)25-14(10)18/h3-8H,2H2,1H3,(H,19,20,21). The molecule has 0 saturated heterocycles. The topological polar surface area (TPSA) is 76.1 Å². The van der Waals surface area contributed by atoms with Crippen LogP contribution in [0.5, 0.6) is 0 Å². The molecular formula is C16H12Cl2N2O3S3. The van der Waals surface area contributed by atoms with E-state index in [1.807, 2.05) is 0 Å². The summed E-state index contributed by atoms with van der Waals surface area (Å²) in [5.41, 5.74) is 1.36. The lowest BCUT2D eigenvalue weighted by molar-refractivity contribution is 0.102. The number of halogens is 2. The van der Waals surface area contributed by atoms with Gasteiger partial charge in [0, 0.05) is 10.9 Å². The highest BCUT2D eigenvalue weighted by atomic mass is 35.5. The van der Waals surface area contributed by atoms with Crippen LogP contribution in [0.3, 0.4) is 0 Å². The van der Waals surface area contributed by atoms with Crippen molar-refractivity contribution in [3.63, 3.8) is 0 Å². The molecule has 1 amide bonds. The number of sulfone groups is 1. The largest absolute Gasteiger partial charge is 0.298 e. The van der Waals surface area contributed by atoms with E-state index in [0.29, 0.717) is 25.1 Å². The van der Waals surface area contributed by atoms with Crippen molar-refractivity contribution in [1.82, 2.24) is 4.98 Å². The molecule has 0 radical (unpaired) electrons. The van der Waals surface area contributed by atoms with Crippen molar-refractivity contribution in [2.24, 2.45) is 0 Å². The first kappa shape index (κ1) is 19.3. The van der Waals surface area contributed by atoms with Crippen LogP contribution in [0.1, 0.15) is 17.3 Å². The lowest BCUT2D eigenvalue weighted by Crippen LogP contribution is -2.17. The highest BCUT2D eigenvalue weighted by molar-refractivity contribution is 7.91. The molecule has 136 valence electrons. The molecule has 2 aromatic heterocycles. The molecule has 0 bridgehead atoms. The van der Waals surface area contributed by atoms with Gasteiger partial charge in [-0.3, -0.25) is 10.1 Å². The van der Waals surface area contributed by atoms with Crippen LogP contribution < -0.4 is 5.32 Å². The summed E-state index contributed by atoms with van der Waals surface area (Å²) in [5.74, 6) is -0.621. The summed E-state index contributed by atoms with van der Waals surface area (Å²) in [6.45, 7) is 1.53. The number of anilines is 1. The highest BCUT2D eigenvalue weighted by Gasteiger charge is 2.21. The van der Waals surface area contributed by atoms with Gasteiger partial charge in [-0.05, 0) is 18.2 Å². The summed E-state index contributed by atoms with van der Waals surface area (Å²) >= 11 is 14.5. The average molecular weight is 447 g/mol. The van der Waals surface area contributed by atoms with Crippen molar-refractivity contribution >= 4 is 66.8 Å². The number of aromatic nitrogens is 1. The minimum atomic E-state index is -3.52. The van der Waals surface area contributed by atoms with Crippen LogP contribution in [-0.2, 0) is 9.84 Å². The van der Waals surface area contributed by atoms with Crippen molar-refractivity contribution in [3.05, 3.63) is 49.9 Å². The fourth-order valence-corrected chi connectivity index (χ4v) is 5.49.